The number of anilines is 1. The number of benzene rings is 2. The van der Waals surface area contributed by atoms with Crippen molar-refractivity contribution in [2.45, 2.75) is 19.6 Å². The molecule has 154 valence electrons. The van der Waals surface area contributed by atoms with Crippen LogP contribution >= 0.6 is 0 Å². The van der Waals surface area contributed by atoms with Crippen molar-refractivity contribution in [3.63, 3.8) is 0 Å². The summed E-state index contributed by atoms with van der Waals surface area (Å²) in [5.74, 6) is -0.176. The molecular weight excluding hydrogens is 384 g/mol. The van der Waals surface area contributed by atoms with Crippen molar-refractivity contribution in [3.8, 4) is 5.75 Å². The van der Waals surface area contributed by atoms with E-state index in [4.69, 9.17) is 4.74 Å². The van der Waals surface area contributed by atoms with Crippen LogP contribution in [0.4, 0.5) is 5.69 Å². The summed E-state index contributed by atoms with van der Waals surface area (Å²) in [5.41, 5.74) is 0.484. The molecule has 8 nitrogen and oxygen atoms in total. The van der Waals surface area contributed by atoms with E-state index in [0.717, 1.165) is 0 Å². The number of carbonyl (C=O) groups is 2. The zero-order chi connectivity index (χ0) is 21.4. The van der Waals surface area contributed by atoms with Crippen molar-refractivity contribution in [2.24, 2.45) is 0 Å². The van der Waals surface area contributed by atoms with Gasteiger partial charge in [0.1, 0.15) is 5.75 Å². The highest BCUT2D eigenvalue weighted by Gasteiger charge is 2.36. The summed E-state index contributed by atoms with van der Waals surface area (Å²) in [4.78, 5) is 41.8. The summed E-state index contributed by atoms with van der Waals surface area (Å²) >= 11 is 0. The van der Waals surface area contributed by atoms with Gasteiger partial charge < -0.3 is 9.64 Å². The Labute approximate surface area is 173 Å². The number of para-hydroxylation sites is 2. The van der Waals surface area contributed by atoms with E-state index < -0.39 is 6.10 Å². The van der Waals surface area contributed by atoms with Gasteiger partial charge in [-0.15, -0.1) is 0 Å². The summed E-state index contributed by atoms with van der Waals surface area (Å²) in [6.45, 7) is 2.19. The molecule has 2 aromatic carbocycles. The second-order valence-corrected chi connectivity index (χ2v) is 7.24. The van der Waals surface area contributed by atoms with Crippen LogP contribution in [0.3, 0.4) is 0 Å². The molecule has 8 heteroatoms. The second-order valence-electron chi connectivity index (χ2n) is 7.24. The Kier molecular flexibility index (Phi) is 4.99. The average molecular weight is 406 g/mol. The molecule has 0 N–H and O–H groups in total. The third-order valence-corrected chi connectivity index (χ3v) is 5.10. The Balaban J connectivity index is 1.86. The minimum absolute atomic E-state index is 0.0497. The molecule has 2 heterocycles. The number of nitrogens with zero attached hydrogens (tertiary/aromatic N) is 4. The van der Waals surface area contributed by atoms with Crippen LogP contribution in [0.15, 0.2) is 53.3 Å². The number of carbonyl (C=O) groups excluding carboxylic acids is 2. The topological polar surface area (TPSA) is 84.7 Å². The van der Waals surface area contributed by atoms with E-state index in [1.54, 1.807) is 69.6 Å². The van der Waals surface area contributed by atoms with Crippen molar-refractivity contribution in [1.82, 2.24) is 14.7 Å². The Bertz CT molecular complexity index is 1200. The maximum atomic E-state index is 13.7. The molecule has 1 atom stereocenters. The standard InChI is InChI=1S/C22H22N4O4/c1-4-26-20(27)15-10-6-5-9-14(15)19(23-26)22(29)25-13-18(21(28)24(2)3)30-17-12-8-7-11-16(17)25/h5-12,18H,4,13H2,1-3H3/t18-/m1/s1. The number of aromatic nitrogens is 2. The molecule has 3 aromatic rings. The molecular formula is C22H22N4O4. The van der Waals surface area contributed by atoms with Gasteiger partial charge in [0.25, 0.3) is 17.4 Å². The van der Waals surface area contributed by atoms with Gasteiger partial charge in [-0.3, -0.25) is 19.3 Å². The van der Waals surface area contributed by atoms with Crippen LogP contribution in [0.1, 0.15) is 17.4 Å². The molecule has 2 amide bonds. The van der Waals surface area contributed by atoms with Gasteiger partial charge >= 0.3 is 0 Å². The lowest BCUT2D eigenvalue weighted by Gasteiger charge is -2.35. The Morgan fingerprint density at radius 3 is 2.47 bits per heavy atom. The van der Waals surface area contributed by atoms with Crippen LogP contribution in [-0.4, -0.2) is 53.2 Å². The monoisotopic (exact) mass is 406 g/mol. The fourth-order valence-corrected chi connectivity index (χ4v) is 3.58. The van der Waals surface area contributed by atoms with Gasteiger partial charge in [0.05, 0.1) is 17.6 Å². The van der Waals surface area contributed by atoms with Gasteiger partial charge in [-0.05, 0) is 25.1 Å². The van der Waals surface area contributed by atoms with Crippen molar-refractivity contribution in [2.75, 3.05) is 25.5 Å². The minimum Gasteiger partial charge on any atom is -0.476 e. The van der Waals surface area contributed by atoms with Gasteiger partial charge in [0.2, 0.25) is 0 Å². The van der Waals surface area contributed by atoms with Gasteiger partial charge in [-0.25, -0.2) is 4.68 Å². The normalized spacial score (nSPS) is 15.4. The van der Waals surface area contributed by atoms with Crippen LogP contribution in [0.5, 0.6) is 5.75 Å². The highest BCUT2D eigenvalue weighted by Crippen LogP contribution is 2.34. The first-order chi connectivity index (χ1) is 14.4. The van der Waals surface area contributed by atoms with E-state index in [0.29, 0.717) is 28.8 Å². The summed E-state index contributed by atoms with van der Waals surface area (Å²) in [6.07, 6.45) is -0.831. The van der Waals surface area contributed by atoms with Crippen molar-refractivity contribution in [3.05, 3.63) is 64.6 Å². The summed E-state index contributed by atoms with van der Waals surface area (Å²) in [6, 6.07) is 14.0. The Hall–Kier alpha value is -3.68. The average Bonchev–Trinajstić information content (AvgIpc) is 2.77. The van der Waals surface area contributed by atoms with Gasteiger partial charge in [-0.2, -0.15) is 5.10 Å². The van der Waals surface area contributed by atoms with Crippen molar-refractivity contribution >= 4 is 28.3 Å². The van der Waals surface area contributed by atoms with E-state index >= 15 is 0 Å². The molecule has 0 saturated carbocycles. The Morgan fingerprint density at radius 1 is 1.10 bits per heavy atom. The molecule has 0 bridgehead atoms. The summed E-state index contributed by atoms with van der Waals surface area (Å²) < 4.78 is 7.14. The number of rotatable bonds is 3. The predicted molar refractivity (Wildman–Crippen MR) is 113 cm³/mol. The third kappa shape index (κ3) is 3.20. The molecule has 30 heavy (non-hydrogen) atoms. The molecule has 0 spiro atoms. The maximum Gasteiger partial charge on any atom is 0.279 e. The SMILES string of the molecule is CCn1nc(C(=O)N2C[C@H](C(=O)N(C)C)Oc3ccccc32)c2ccccc2c1=O. The first-order valence-corrected chi connectivity index (χ1v) is 9.71. The van der Waals surface area contributed by atoms with Crippen LogP contribution in [0.25, 0.3) is 10.8 Å². The number of hydrogen-bond donors (Lipinski definition) is 0. The van der Waals surface area contributed by atoms with Crippen LogP contribution in [-0.2, 0) is 11.3 Å². The highest BCUT2D eigenvalue weighted by molar-refractivity contribution is 6.13. The minimum atomic E-state index is -0.831. The fraction of sp³-hybridized carbons (Fsp3) is 0.273. The largest absolute Gasteiger partial charge is 0.476 e. The van der Waals surface area contributed by atoms with E-state index in [1.165, 1.54) is 14.5 Å². The number of amides is 2. The van der Waals surface area contributed by atoms with Crippen molar-refractivity contribution < 1.29 is 14.3 Å². The van der Waals surface area contributed by atoms with Crippen molar-refractivity contribution in [1.29, 1.82) is 0 Å². The van der Waals surface area contributed by atoms with E-state index in [1.807, 2.05) is 0 Å². The lowest BCUT2D eigenvalue weighted by molar-refractivity contribution is -0.135. The van der Waals surface area contributed by atoms with E-state index in [2.05, 4.69) is 5.10 Å². The molecule has 0 aliphatic carbocycles. The van der Waals surface area contributed by atoms with E-state index in [-0.39, 0.29) is 29.6 Å². The highest BCUT2D eigenvalue weighted by atomic mass is 16.5. The summed E-state index contributed by atoms with van der Waals surface area (Å²) in [5, 5.41) is 5.26. The zero-order valence-electron chi connectivity index (χ0n) is 17.0. The van der Waals surface area contributed by atoms with Crippen LogP contribution < -0.4 is 15.2 Å². The first-order valence-electron chi connectivity index (χ1n) is 9.71. The lowest BCUT2D eigenvalue weighted by Crippen LogP contribution is -2.50. The molecule has 4 rings (SSSR count). The molecule has 0 saturated heterocycles. The number of fused-ring (bicyclic) bond motifs is 2. The number of hydrogen-bond acceptors (Lipinski definition) is 5. The lowest BCUT2D eigenvalue weighted by atomic mass is 10.1. The number of likely N-dealkylation sites (N-methyl/N-ethyl adjacent to an activating group) is 1. The fourth-order valence-electron chi connectivity index (χ4n) is 3.58. The van der Waals surface area contributed by atoms with Gasteiger partial charge in [-0.1, -0.05) is 30.3 Å². The van der Waals surface area contributed by atoms with Gasteiger partial charge in [0, 0.05) is 26.0 Å². The maximum absolute atomic E-state index is 13.7. The first kappa shape index (κ1) is 19.6. The third-order valence-electron chi connectivity index (χ3n) is 5.10. The molecule has 1 aliphatic heterocycles. The second kappa shape index (κ2) is 7.62. The molecule has 0 unspecified atom stereocenters. The molecule has 0 radical (unpaired) electrons. The van der Waals surface area contributed by atoms with Crippen LogP contribution in [0.2, 0.25) is 0 Å². The van der Waals surface area contributed by atoms with E-state index in [9.17, 15) is 14.4 Å². The predicted octanol–water partition coefficient (Wildman–Crippen LogP) is 1.91. The smallest absolute Gasteiger partial charge is 0.279 e. The number of ether oxygens (including phenoxy) is 1. The Morgan fingerprint density at radius 2 is 1.77 bits per heavy atom. The number of aryl methyl sites for hydroxylation is 1. The zero-order valence-corrected chi connectivity index (χ0v) is 17.0. The molecule has 0 fully saturated rings. The molecule has 1 aromatic heterocycles. The quantitative estimate of drug-likeness (QED) is 0.663. The summed E-state index contributed by atoms with van der Waals surface area (Å²) in [7, 11) is 3.29. The molecule has 1 aliphatic rings. The van der Waals surface area contributed by atoms with Gasteiger partial charge in [0.15, 0.2) is 11.8 Å². The van der Waals surface area contributed by atoms with Crippen LogP contribution in [0, 0.1) is 0 Å².